The van der Waals surface area contributed by atoms with Crippen LogP contribution in [0.15, 0.2) is 0 Å². The lowest BCUT2D eigenvalue weighted by Gasteiger charge is -2.34. The molecule has 82 valence electrons. The highest BCUT2D eigenvalue weighted by Gasteiger charge is 2.29. The van der Waals surface area contributed by atoms with Gasteiger partial charge in [0, 0.05) is 28.3 Å². The average molecular weight is 216 g/mol. The van der Waals surface area contributed by atoms with Gasteiger partial charge in [0.25, 0.3) is 0 Å². The molecular formula is C10H20N2OS. The fourth-order valence-corrected chi connectivity index (χ4v) is 3.43. The van der Waals surface area contributed by atoms with E-state index >= 15 is 0 Å². The second-order valence-electron chi connectivity index (χ2n) is 4.56. The highest BCUT2D eigenvalue weighted by Crippen LogP contribution is 2.16. The molecule has 4 heteroatoms. The average Bonchev–Trinajstić information content (AvgIpc) is 2.61. The summed E-state index contributed by atoms with van der Waals surface area (Å²) in [6, 6.07) is 0.602. The van der Waals surface area contributed by atoms with Crippen molar-refractivity contribution in [1.29, 1.82) is 0 Å². The van der Waals surface area contributed by atoms with E-state index in [2.05, 4.69) is 17.3 Å². The van der Waals surface area contributed by atoms with Gasteiger partial charge in [0.05, 0.1) is 0 Å². The third kappa shape index (κ3) is 2.55. The van der Waals surface area contributed by atoms with E-state index in [1.807, 2.05) is 0 Å². The first kappa shape index (κ1) is 10.6. The van der Waals surface area contributed by atoms with Gasteiger partial charge < -0.3 is 10.2 Å². The first-order chi connectivity index (χ1) is 6.75. The van der Waals surface area contributed by atoms with Crippen molar-refractivity contribution in [2.75, 3.05) is 38.2 Å². The normalized spacial score (nSPS) is 37.4. The predicted octanol–water partition coefficient (Wildman–Crippen LogP) is 0.0487. The van der Waals surface area contributed by atoms with Gasteiger partial charge in [-0.15, -0.1) is 0 Å². The van der Waals surface area contributed by atoms with Crippen molar-refractivity contribution in [2.24, 2.45) is 5.92 Å². The van der Waals surface area contributed by atoms with Crippen LogP contribution >= 0.6 is 0 Å². The Bertz CT molecular complexity index is 208. The molecule has 0 bridgehead atoms. The van der Waals surface area contributed by atoms with Crippen LogP contribution in [0, 0.1) is 5.92 Å². The zero-order valence-corrected chi connectivity index (χ0v) is 9.68. The minimum Gasteiger partial charge on any atom is -0.316 e. The van der Waals surface area contributed by atoms with E-state index in [0.717, 1.165) is 17.4 Å². The summed E-state index contributed by atoms with van der Waals surface area (Å²) in [6.07, 6.45) is 2.64. The fraction of sp³-hybridized carbons (Fsp3) is 1.00. The maximum Gasteiger partial charge on any atom is 0.0400 e. The number of nitrogens with one attached hydrogen (secondary N) is 1. The zero-order valence-electron chi connectivity index (χ0n) is 8.87. The molecular weight excluding hydrogens is 196 g/mol. The summed E-state index contributed by atoms with van der Waals surface area (Å²) in [6.45, 7) is 3.57. The Hall–Kier alpha value is 0.0700. The summed E-state index contributed by atoms with van der Waals surface area (Å²) in [7, 11) is 1.67. The molecule has 0 saturated carbocycles. The molecule has 2 aliphatic rings. The first-order valence-corrected chi connectivity index (χ1v) is 7.00. The van der Waals surface area contributed by atoms with Gasteiger partial charge in [-0.2, -0.15) is 0 Å². The molecule has 0 aliphatic carbocycles. The van der Waals surface area contributed by atoms with E-state index in [1.54, 1.807) is 0 Å². The monoisotopic (exact) mass is 216 g/mol. The number of rotatable bonds is 4. The third-order valence-electron chi connectivity index (χ3n) is 3.43. The highest BCUT2D eigenvalue weighted by molar-refractivity contribution is 7.86. The molecule has 1 unspecified atom stereocenters. The van der Waals surface area contributed by atoms with E-state index in [-0.39, 0.29) is 0 Å². The number of hydrogen-bond donors (Lipinski definition) is 1. The van der Waals surface area contributed by atoms with Crippen molar-refractivity contribution in [1.82, 2.24) is 10.2 Å². The molecule has 2 saturated heterocycles. The molecule has 0 aromatic rings. The quantitative estimate of drug-likeness (QED) is 0.721. The van der Waals surface area contributed by atoms with Gasteiger partial charge in [-0.25, -0.2) is 0 Å². The molecule has 0 aromatic carbocycles. The van der Waals surface area contributed by atoms with Crippen LogP contribution in [-0.2, 0) is 10.8 Å². The van der Waals surface area contributed by atoms with Crippen LogP contribution < -0.4 is 5.32 Å². The van der Waals surface area contributed by atoms with Gasteiger partial charge in [0.2, 0.25) is 0 Å². The van der Waals surface area contributed by atoms with Crippen LogP contribution in [0.4, 0.5) is 0 Å². The van der Waals surface area contributed by atoms with Crippen molar-refractivity contribution in [3.8, 4) is 0 Å². The SMILES string of the molecule is CN(CCC1CCNC1)C1CS(=O)C1. The van der Waals surface area contributed by atoms with Crippen LogP contribution in [0.1, 0.15) is 12.8 Å². The molecule has 2 aliphatic heterocycles. The van der Waals surface area contributed by atoms with E-state index < -0.39 is 10.8 Å². The molecule has 2 rings (SSSR count). The lowest BCUT2D eigenvalue weighted by Crippen LogP contribution is -2.49. The van der Waals surface area contributed by atoms with Crippen molar-refractivity contribution in [2.45, 2.75) is 18.9 Å². The van der Waals surface area contributed by atoms with Gasteiger partial charge in [0.1, 0.15) is 0 Å². The predicted molar refractivity (Wildman–Crippen MR) is 59.9 cm³/mol. The van der Waals surface area contributed by atoms with Crippen molar-refractivity contribution in [3.63, 3.8) is 0 Å². The minimum atomic E-state index is -0.502. The molecule has 1 N–H and O–H groups in total. The van der Waals surface area contributed by atoms with Crippen molar-refractivity contribution in [3.05, 3.63) is 0 Å². The molecule has 2 heterocycles. The molecule has 1 atom stereocenters. The Kier molecular flexibility index (Phi) is 3.57. The van der Waals surface area contributed by atoms with Crippen LogP contribution in [0.25, 0.3) is 0 Å². The lowest BCUT2D eigenvalue weighted by molar-refractivity contribution is 0.249. The Morgan fingerprint density at radius 3 is 2.86 bits per heavy atom. The minimum absolute atomic E-state index is 0.502. The number of hydrogen-bond acceptors (Lipinski definition) is 3. The summed E-state index contributed by atoms with van der Waals surface area (Å²) in [4.78, 5) is 2.39. The van der Waals surface area contributed by atoms with Crippen molar-refractivity contribution < 1.29 is 4.21 Å². The molecule has 14 heavy (non-hydrogen) atoms. The summed E-state index contributed by atoms with van der Waals surface area (Å²) in [5, 5.41) is 3.39. The maximum absolute atomic E-state index is 10.9. The smallest absolute Gasteiger partial charge is 0.0400 e. The third-order valence-corrected chi connectivity index (χ3v) is 4.95. The van der Waals surface area contributed by atoms with E-state index in [0.29, 0.717) is 6.04 Å². The van der Waals surface area contributed by atoms with Gasteiger partial charge >= 0.3 is 0 Å². The van der Waals surface area contributed by atoms with Gasteiger partial charge in [0.15, 0.2) is 0 Å². The number of nitrogens with zero attached hydrogens (tertiary/aromatic N) is 1. The summed E-state index contributed by atoms with van der Waals surface area (Å²) >= 11 is 0. The molecule has 3 nitrogen and oxygen atoms in total. The van der Waals surface area contributed by atoms with Gasteiger partial charge in [-0.3, -0.25) is 4.21 Å². The fourth-order valence-electron chi connectivity index (χ4n) is 2.16. The van der Waals surface area contributed by atoms with Crippen LogP contribution in [-0.4, -0.2) is 53.3 Å². The Balaban J connectivity index is 1.62. The summed E-state index contributed by atoms with van der Waals surface area (Å²) in [5.74, 6) is 2.68. The van der Waals surface area contributed by atoms with Crippen molar-refractivity contribution >= 4 is 10.8 Å². The Morgan fingerprint density at radius 1 is 1.50 bits per heavy atom. The Labute approximate surface area is 88.7 Å². The maximum atomic E-state index is 10.9. The second-order valence-corrected chi connectivity index (χ2v) is 6.10. The summed E-state index contributed by atoms with van der Waals surface area (Å²) in [5.41, 5.74) is 0. The van der Waals surface area contributed by atoms with Gasteiger partial charge in [-0.1, -0.05) is 0 Å². The van der Waals surface area contributed by atoms with Crippen LogP contribution in [0.3, 0.4) is 0 Å². The van der Waals surface area contributed by atoms with Crippen LogP contribution in [0.5, 0.6) is 0 Å². The summed E-state index contributed by atoms with van der Waals surface area (Å²) < 4.78 is 10.9. The topological polar surface area (TPSA) is 32.3 Å². The molecule has 0 spiro atoms. The van der Waals surface area contributed by atoms with Gasteiger partial charge in [-0.05, 0) is 45.4 Å². The molecule has 0 amide bonds. The van der Waals surface area contributed by atoms with E-state index in [4.69, 9.17) is 0 Å². The lowest BCUT2D eigenvalue weighted by atomic mass is 10.0. The van der Waals surface area contributed by atoms with E-state index in [1.165, 1.54) is 32.5 Å². The standard InChI is InChI=1S/C10H20N2OS/c1-12(10-7-14(13)8-10)5-3-9-2-4-11-6-9/h9-11H,2-8H2,1H3. The second kappa shape index (κ2) is 4.73. The molecule has 0 radical (unpaired) electrons. The molecule has 0 aromatic heterocycles. The largest absolute Gasteiger partial charge is 0.316 e. The van der Waals surface area contributed by atoms with E-state index in [9.17, 15) is 4.21 Å². The molecule has 2 fully saturated rings. The first-order valence-electron chi connectivity index (χ1n) is 5.51. The highest BCUT2D eigenvalue weighted by atomic mass is 32.2. The zero-order chi connectivity index (χ0) is 9.97. The van der Waals surface area contributed by atoms with Crippen LogP contribution in [0.2, 0.25) is 0 Å². The Morgan fingerprint density at radius 2 is 2.29 bits per heavy atom.